The Hall–Kier alpha value is -0.770. The van der Waals surface area contributed by atoms with Crippen molar-refractivity contribution >= 4 is 49.7 Å². The topological polar surface area (TPSA) is 188 Å². The van der Waals surface area contributed by atoms with Crippen LogP contribution in [0.2, 0.25) is 0 Å². The van der Waals surface area contributed by atoms with E-state index in [0.29, 0.717) is 0 Å². The Labute approximate surface area is 120 Å². The minimum Gasteiger partial charge on any atom is -0.543 e. The molecule has 16 heavy (non-hydrogen) atoms. The molecule has 0 aromatic carbocycles. The summed E-state index contributed by atoms with van der Waals surface area (Å²) in [6.45, 7) is 0. The number of rotatable bonds is 2. The molecular weight excluding hydrogens is 250 g/mol. The fourth-order valence-corrected chi connectivity index (χ4v) is 0.662. The minimum atomic E-state index is -1.52. The SMILES string of the molecule is O.O.O.O=C([O-])c1cccc(C(=O)[O-])n1.[Ca+2]. The van der Waals surface area contributed by atoms with Gasteiger partial charge in [-0.15, -0.1) is 0 Å². The van der Waals surface area contributed by atoms with Crippen LogP contribution in [-0.2, 0) is 0 Å². The van der Waals surface area contributed by atoms with Crippen LogP contribution in [0.5, 0.6) is 0 Å². The van der Waals surface area contributed by atoms with E-state index in [1.807, 2.05) is 0 Å². The predicted molar refractivity (Wildman–Crippen MR) is 49.5 cm³/mol. The van der Waals surface area contributed by atoms with Crippen LogP contribution in [-0.4, -0.2) is 71.1 Å². The van der Waals surface area contributed by atoms with E-state index in [4.69, 9.17) is 0 Å². The van der Waals surface area contributed by atoms with Gasteiger partial charge in [0, 0.05) is 0 Å². The summed E-state index contributed by atoms with van der Waals surface area (Å²) in [5.74, 6) is -3.03. The third-order valence-corrected chi connectivity index (χ3v) is 1.17. The van der Waals surface area contributed by atoms with Crippen molar-refractivity contribution in [3.05, 3.63) is 29.6 Å². The molecule has 1 aromatic rings. The van der Waals surface area contributed by atoms with Gasteiger partial charge in [0.05, 0.1) is 23.3 Å². The molecule has 0 fully saturated rings. The van der Waals surface area contributed by atoms with E-state index in [-0.39, 0.29) is 54.2 Å². The molecule has 0 aliphatic heterocycles. The van der Waals surface area contributed by atoms with E-state index in [1.54, 1.807) is 0 Å². The fourth-order valence-electron chi connectivity index (χ4n) is 0.662. The van der Waals surface area contributed by atoms with Crippen molar-refractivity contribution < 1.29 is 36.2 Å². The molecule has 1 heterocycles. The molecule has 0 aliphatic rings. The van der Waals surface area contributed by atoms with Gasteiger partial charge in [0.2, 0.25) is 0 Å². The Morgan fingerprint density at radius 3 is 1.50 bits per heavy atom. The molecule has 0 aliphatic carbocycles. The van der Waals surface area contributed by atoms with Crippen molar-refractivity contribution in [2.24, 2.45) is 0 Å². The summed E-state index contributed by atoms with van der Waals surface area (Å²) in [6.07, 6.45) is 0. The number of aromatic carboxylic acids is 2. The molecule has 9 heteroatoms. The molecule has 0 bridgehead atoms. The summed E-state index contributed by atoms with van der Waals surface area (Å²) in [4.78, 5) is 23.6. The first kappa shape index (κ1) is 24.5. The van der Waals surface area contributed by atoms with Crippen LogP contribution in [0.25, 0.3) is 0 Å². The second-order valence-electron chi connectivity index (χ2n) is 1.98. The van der Waals surface area contributed by atoms with E-state index in [9.17, 15) is 19.8 Å². The Bertz CT molecular complexity index is 314. The zero-order chi connectivity index (χ0) is 9.14. The van der Waals surface area contributed by atoms with Gasteiger partial charge in [-0.3, -0.25) is 0 Å². The molecule has 0 radical (unpaired) electrons. The third-order valence-electron chi connectivity index (χ3n) is 1.17. The Balaban J connectivity index is -0.000000180. The van der Waals surface area contributed by atoms with Crippen LogP contribution in [0.3, 0.4) is 0 Å². The maximum atomic E-state index is 10.2. The number of nitrogens with zero attached hydrogens (tertiary/aromatic N) is 1. The average Bonchev–Trinajstić information content (AvgIpc) is 2.04. The van der Waals surface area contributed by atoms with Crippen molar-refractivity contribution in [3.8, 4) is 0 Å². The molecule has 86 valence electrons. The van der Waals surface area contributed by atoms with E-state index in [1.165, 1.54) is 6.07 Å². The van der Waals surface area contributed by atoms with Crippen LogP contribution < -0.4 is 10.2 Å². The van der Waals surface area contributed by atoms with Crippen LogP contribution in [0.15, 0.2) is 18.2 Å². The molecule has 1 rings (SSSR count). The number of pyridine rings is 1. The van der Waals surface area contributed by atoms with Gasteiger partial charge < -0.3 is 36.2 Å². The smallest absolute Gasteiger partial charge is 0.543 e. The maximum absolute atomic E-state index is 10.2. The largest absolute Gasteiger partial charge is 2.00 e. The standard InChI is InChI=1S/C7H5NO4.Ca.3H2O/c9-6(10)4-2-1-3-5(8-4)7(11)12;;;;/h1-3H,(H,9,10)(H,11,12);;3*1H2/q;+2;;;/p-2. The second kappa shape index (κ2) is 10.7. The summed E-state index contributed by atoms with van der Waals surface area (Å²) < 4.78 is 0. The van der Waals surface area contributed by atoms with Gasteiger partial charge >= 0.3 is 37.7 Å². The normalized spacial score (nSPS) is 7.00. The summed E-state index contributed by atoms with van der Waals surface area (Å²) in [5, 5.41) is 20.4. The number of hydrogen-bond donors (Lipinski definition) is 0. The van der Waals surface area contributed by atoms with Crippen LogP contribution in [0, 0.1) is 0 Å². The second-order valence-corrected chi connectivity index (χ2v) is 1.98. The predicted octanol–water partition coefficient (Wildman–Crippen LogP) is -5.05. The first-order valence-electron chi connectivity index (χ1n) is 3.01. The summed E-state index contributed by atoms with van der Waals surface area (Å²) in [7, 11) is 0. The average molecular weight is 259 g/mol. The maximum Gasteiger partial charge on any atom is 2.00 e. The van der Waals surface area contributed by atoms with Gasteiger partial charge in [-0.05, 0) is 12.1 Å². The van der Waals surface area contributed by atoms with Gasteiger partial charge in [0.25, 0.3) is 0 Å². The van der Waals surface area contributed by atoms with Gasteiger partial charge in [-0.1, -0.05) is 6.07 Å². The molecule has 0 amide bonds. The van der Waals surface area contributed by atoms with Crippen LogP contribution in [0.4, 0.5) is 0 Å². The van der Waals surface area contributed by atoms with Gasteiger partial charge in [0.1, 0.15) is 0 Å². The first-order chi connectivity index (χ1) is 5.61. The van der Waals surface area contributed by atoms with Crippen molar-refractivity contribution in [3.63, 3.8) is 0 Å². The van der Waals surface area contributed by atoms with E-state index in [2.05, 4.69) is 4.98 Å². The zero-order valence-electron chi connectivity index (χ0n) is 8.02. The Kier molecular flexibility index (Phi) is 16.4. The molecule has 0 saturated carbocycles. The molecule has 8 nitrogen and oxygen atoms in total. The van der Waals surface area contributed by atoms with Gasteiger partial charge in [-0.25, -0.2) is 4.98 Å². The number of carbonyl (C=O) groups is 2. The summed E-state index contributed by atoms with van der Waals surface area (Å²) >= 11 is 0. The molecule has 0 saturated heterocycles. The first-order valence-corrected chi connectivity index (χ1v) is 3.01. The number of aromatic nitrogens is 1. The molecule has 0 atom stereocenters. The fraction of sp³-hybridized carbons (Fsp3) is 0. The molecule has 0 spiro atoms. The van der Waals surface area contributed by atoms with Crippen molar-refractivity contribution in [1.29, 1.82) is 0 Å². The third kappa shape index (κ3) is 6.67. The van der Waals surface area contributed by atoms with Gasteiger partial charge in [-0.2, -0.15) is 0 Å². The van der Waals surface area contributed by atoms with Crippen LogP contribution in [0.1, 0.15) is 21.0 Å². The minimum absolute atomic E-state index is 0. The quantitative estimate of drug-likeness (QED) is 0.479. The molecule has 1 aromatic heterocycles. The molecule has 6 N–H and O–H groups in total. The van der Waals surface area contributed by atoms with Crippen molar-refractivity contribution in [1.82, 2.24) is 4.98 Å². The van der Waals surface area contributed by atoms with E-state index in [0.717, 1.165) is 12.1 Å². The number of carboxylic acids is 2. The Morgan fingerprint density at radius 1 is 0.938 bits per heavy atom. The Morgan fingerprint density at radius 2 is 1.25 bits per heavy atom. The van der Waals surface area contributed by atoms with E-state index < -0.39 is 23.3 Å². The van der Waals surface area contributed by atoms with Crippen molar-refractivity contribution in [2.75, 3.05) is 0 Å². The van der Waals surface area contributed by atoms with Gasteiger partial charge in [0.15, 0.2) is 0 Å². The number of carboxylic acid groups (broad SMARTS) is 2. The zero-order valence-corrected chi connectivity index (χ0v) is 10.2. The number of hydrogen-bond acceptors (Lipinski definition) is 5. The summed E-state index contributed by atoms with van der Waals surface area (Å²) in [5.41, 5.74) is -0.839. The molecule has 0 unspecified atom stereocenters. The molecular formula is C7H9CaNO7. The monoisotopic (exact) mass is 259 g/mol. The van der Waals surface area contributed by atoms with Crippen molar-refractivity contribution in [2.45, 2.75) is 0 Å². The van der Waals surface area contributed by atoms with Crippen LogP contribution >= 0.6 is 0 Å². The van der Waals surface area contributed by atoms with E-state index >= 15 is 0 Å². The summed E-state index contributed by atoms with van der Waals surface area (Å²) in [6, 6.07) is 3.53. The number of carbonyl (C=O) groups excluding carboxylic acids is 2.